The van der Waals surface area contributed by atoms with Crippen LogP contribution in [0, 0.1) is 5.92 Å². The number of rotatable bonds is 5. The normalized spacial score (nSPS) is 21.4. The van der Waals surface area contributed by atoms with Crippen molar-refractivity contribution < 1.29 is 4.52 Å². The summed E-state index contributed by atoms with van der Waals surface area (Å²) in [5.41, 5.74) is 0. The predicted octanol–water partition coefficient (Wildman–Crippen LogP) is 2.26. The molecule has 0 N–H and O–H groups in total. The van der Waals surface area contributed by atoms with E-state index in [0.29, 0.717) is 11.8 Å². The second-order valence-electron chi connectivity index (χ2n) is 6.44. The standard InChI is InChI=1S/C15H24N6O/c1-11(2)14-18-15(22-19-14)12(3)20-6-4-5-13(7-20)8-21-10-16-9-17-21/h9-13H,4-8H2,1-3H3/t12-,13+/m0/s1. The van der Waals surface area contributed by atoms with Gasteiger partial charge in [-0.1, -0.05) is 19.0 Å². The molecule has 7 nitrogen and oxygen atoms in total. The SMILES string of the molecule is CC(C)c1noc([C@H](C)N2CCC[C@@H](Cn3cncn3)C2)n1. The van der Waals surface area contributed by atoms with Gasteiger partial charge in [0.05, 0.1) is 6.04 Å². The molecule has 1 aliphatic rings. The summed E-state index contributed by atoms with van der Waals surface area (Å²) in [6.07, 6.45) is 5.80. The zero-order valence-corrected chi connectivity index (χ0v) is 13.5. The highest BCUT2D eigenvalue weighted by Crippen LogP contribution is 2.27. The molecule has 0 unspecified atom stereocenters. The maximum atomic E-state index is 5.45. The Bertz CT molecular complexity index is 579. The van der Waals surface area contributed by atoms with E-state index in [9.17, 15) is 0 Å². The second-order valence-corrected chi connectivity index (χ2v) is 6.44. The Kier molecular flexibility index (Phi) is 4.52. The zero-order valence-electron chi connectivity index (χ0n) is 13.5. The summed E-state index contributed by atoms with van der Waals surface area (Å²) in [6, 6.07) is 0.165. The molecule has 2 aromatic heterocycles. The van der Waals surface area contributed by atoms with Gasteiger partial charge in [0.25, 0.3) is 0 Å². The number of hydrogen-bond acceptors (Lipinski definition) is 6. The molecule has 22 heavy (non-hydrogen) atoms. The fourth-order valence-corrected chi connectivity index (χ4v) is 3.00. The summed E-state index contributed by atoms with van der Waals surface area (Å²) in [5.74, 6) is 2.40. The summed E-state index contributed by atoms with van der Waals surface area (Å²) >= 11 is 0. The van der Waals surface area contributed by atoms with Crippen molar-refractivity contribution in [2.24, 2.45) is 5.92 Å². The van der Waals surface area contributed by atoms with Crippen LogP contribution in [-0.2, 0) is 6.54 Å². The molecule has 3 heterocycles. The second kappa shape index (κ2) is 6.56. The maximum Gasteiger partial charge on any atom is 0.243 e. The van der Waals surface area contributed by atoms with Crippen LogP contribution >= 0.6 is 0 Å². The van der Waals surface area contributed by atoms with Crippen LogP contribution in [0.3, 0.4) is 0 Å². The van der Waals surface area contributed by atoms with Crippen LogP contribution in [0.25, 0.3) is 0 Å². The molecule has 2 atom stereocenters. The van der Waals surface area contributed by atoms with Crippen LogP contribution in [0.5, 0.6) is 0 Å². The smallest absolute Gasteiger partial charge is 0.243 e. The molecule has 0 aromatic carbocycles. The highest BCUT2D eigenvalue weighted by Gasteiger charge is 2.28. The van der Waals surface area contributed by atoms with Gasteiger partial charge in [-0.2, -0.15) is 10.1 Å². The third kappa shape index (κ3) is 3.35. The van der Waals surface area contributed by atoms with Gasteiger partial charge in [0, 0.05) is 19.0 Å². The van der Waals surface area contributed by atoms with Crippen molar-refractivity contribution in [3.05, 3.63) is 24.4 Å². The topological polar surface area (TPSA) is 72.9 Å². The van der Waals surface area contributed by atoms with Crippen molar-refractivity contribution in [1.29, 1.82) is 0 Å². The average Bonchev–Trinajstić information content (AvgIpc) is 3.18. The third-order valence-electron chi connectivity index (χ3n) is 4.34. The van der Waals surface area contributed by atoms with Gasteiger partial charge >= 0.3 is 0 Å². The minimum absolute atomic E-state index is 0.165. The van der Waals surface area contributed by atoms with Gasteiger partial charge < -0.3 is 4.52 Å². The molecule has 0 spiro atoms. The lowest BCUT2D eigenvalue weighted by Gasteiger charge is -2.35. The van der Waals surface area contributed by atoms with Crippen LogP contribution in [0.4, 0.5) is 0 Å². The molecule has 0 radical (unpaired) electrons. The van der Waals surface area contributed by atoms with E-state index in [2.05, 4.69) is 45.9 Å². The molecule has 0 amide bonds. The highest BCUT2D eigenvalue weighted by molar-refractivity contribution is 4.96. The lowest BCUT2D eigenvalue weighted by Crippen LogP contribution is -2.38. The molecule has 0 saturated carbocycles. The Hall–Kier alpha value is -1.76. The Morgan fingerprint density at radius 1 is 1.36 bits per heavy atom. The summed E-state index contributed by atoms with van der Waals surface area (Å²) in [5, 5.41) is 8.28. The molecule has 3 rings (SSSR count). The zero-order chi connectivity index (χ0) is 15.5. The van der Waals surface area contributed by atoms with E-state index in [0.717, 1.165) is 31.3 Å². The summed E-state index contributed by atoms with van der Waals surface area (Å²) in [6.45, 7) is 9.33. The van der Waals surface area contributed by atoms with Gasteiger partial charge in [0.2, 0.25) is 5.89 Å². The summed E-state index contributed by atoms with van der Waals surface area (Å²) in [4.78, 5) is 11.0. The van der Waals surface area contributed by atoms with E-state index in [4.69, 9.17) is 4.52 Å². The van der Waals surface area contributed by atoms with Gasteiger partial charge in [-0.15, -0.1) is 0 Å². The van der Waals surface area contributed by atoms with Crippen LogP contribution in [-0.4, -0.2) is 42.9 Å². The lowest BCUT2D eigenvalue weighted by molar-refractivity contribution is 0.102. The quantitative estimate of drug-likeness (QED) is 0.843. The van der Waals surface area contributed by atoms with E-state index in [-0.39, 0.29) is 6.04 Å². The number of likely N-dealkylation sites (tertiary alicyclic amines) is 1. The Labute approximate surface area is 130 Å². The van der Waals surface area contributed by atoms with Crippen LogP contribution in [0.15, 0.2) is 17.2 Å². The van der Waals surface area contributed by atoms with E-state index < -0.39 is 0 Å². The molecule has 7 heteroatoms. The van der Waals surface area contributed by atoms with E-state index in [1.807, 2.05) is 4.68 Å². The van der Waals surface area contributed by atoms with Crippen LogP contribution in [0.1, 0.15) is 57.3 Å². The van der Waals surface area contributed by atoms with E-state index >= 15 is 0 Å². The van der Waals surface area contributed by atoms with Crippen LogP contribution in [0.2, 0.25) is 0 Å². The molecule has 0 bridgehead atoms. The lowest BCUT2D eigenvalue weighted by atomic mass is 9.97. The molecular formula is C15H24N6O. The van der Waals surface area contributed by atoms with Crippen molar-refractivity contribution in [3.63, 3.8) is 0 Å². The minimum atomic E-state index is 0.165. The number of piperidine rings is 1. The van der Waals surface area contributed by atoms with Gasteiger partial charge in [-0.25, -0.2) is 4.98 Å². The summed E-state index contributed by atoms with van der Waals surface area (Å²) in [7, 11) is 0. The van der Waals surface area contributed by atoms with Gasteiger partial charge in [0.1, 0.15) is 12.7 Å². The number of aromatic nitrogens is 5. The number of hydrogen-bond donors (Lipinski definition) is 0. The first kappa shape index (κ1) is 15.1. The van der Waals surface area contributed by atoms with Crippen molar-refractivity contribution in [3.8, 4) is 0 Å². The third-order valence-corrected chi connectivity index (χ3v) is 4.34. The van der Waals surface area contributed by atoms with E-state index in [1.165, 1.54) is 12.8 Å². The van der Waals surface area contributed by atoms with Gasteiger partial charge in [0.15, 0.2) is 5.82 Å². The largest absolute Gasteiger partial charge is 0.338 e. The monoisotopic (exact) mass is 304 g/mol. The van der Waals surface area contributed by atoms with Gasteiger partial charge in [-0.05, 0) is 32.2 Å². The Balaban J connectivity index is 1.63. The Morgan fingerprint density at radius 2 is 2.23 bits per heavy atom. The molecule has 1 aliphatic heterocycles. The fourth-order valence-electron chi connectivity index (χ4n) is 3.00. The first-order chi connectivity index (χ1) is 10.6. The Morgan fingerprint density at radius 3 is 2.91 bits per heavy atom. The average molecular weight is 304 g/mol. The minimum Gasteiger partial charge on any atom is -0.338 e. The molecule has 1 saturated heterocycles. The summed E-state index contributed by atoms with van der Waals surface area (Å²) < 4.78 is 7.37. The highest BCUT2D eigenvalue weighted by atomic mass is 16.5. The first-order valence-corrected chi connectivity index (χ1v) is 8.03. The van der Waals surface area contributed by atoms with Crippen molar-refractivity contribution >= 4 is 0 Å². The maximum absolute atomic E-state index is 5.45. The van der Waals surface area contributed by atoms with Crippen molar-refractivity contribution in [2.45, 2.75) is 52.1 Å². The predicted molar refractivity (Wildman–Crippen MR) is 81.1 cm³/mol. The van der Waals surface area contributed by atoms with E-state index in [1.54, 1.807) is 12.7 Å². The fraction of sp³-hybridized carbons (Fsp3) is 0.733. The van der Waals surface area contributed by atoms with Crippen LogP contribution < -0.4 is 0 Å². The van der Waals surface area contributed by atoms with Crippen molar-refractivity contribution in [2.75, 3.05) is 13.1 Å². The van der Waals surface area contributed by atoms with Gasteiger partial charge in [-0.3, -0.25) is 9.58 Å². The first-order valence-electron chi connectivity index (χ1n) is 8.03. The number of nitrogens with zero attached hydrogens (tertiary/aromatic N) is 6. The molecular weight excluding hydrogens is 280 g/mol. The molecule has 120 valence electrons. The van der Waals surface area contributed by atoms with Crippen molar-refractivity contribution in [1.82, 2.24) is 29.8 Å². The molecule has 2 aromatic rings. The molecule has 1 fully saturated rings. The molecule has 0 aliphatic carbocycles.